The molecule has 1 fully saturated rings. The molecule has 5 rings (SSSR count). The monoisotopic (exact) mass is 439 g/mol. The minimum Gasteiger partial charge on any atom is -0.493 e. The molecule has 0 N–H and O–H groups in total. The highest BCUT2D eigenvalue weighted by Gasteiger charge is 2.35. The Hall–Kier alpha value is -3.57. The van der Waals surface area contributed by atoms with E-state index in [0.29, 0.717) is 11.5 Å². The summed E-state index contributed by atoms with van der Waals surface area (Å²) in [5.74, 6) is 0.551. The Bertz CT molecular complexity index is 1390. The molecule has 0 saturated carbocycles. The molecule has 1 aliphatic rings. The Balaban J connectivity index is 1.48. The molecule has 0 spiro atoms. The third kappa shape index (κ3) is 3.65. The first kappa shape index (κ1) is 20.3. The first-order valence-corrected chi connectivity index (χ1v) is 11.3. The first-order chi connectivity index (χ1) is 15.7. The summed E-state index contributed by atoms with van der Waals surface area (Å²) < 4.78 is 5.75. The number of thioether (sulfide) groups is 1. The Kier molecular flexibility index (Phi) is 5.41. The maximum Gasteiger partial charge on any atom is 0.293 e. The summed E-state index contributed by atoms with van der Waals surface area (Å²) in [5.41, 5.74) is 1.85. The molecular weight excluding hydrogens is 418 g/mol. The molecule has 32 heavy (non-hydrogen) atoms. The van der Waals surface area contributed by atoms with E-state index < -0.39 is 0 Å². The lowest BCUT2D eigenvalue weighted by Crippen LogP contribution is -2.27. The van der Waals surface area contributed by atoms with Crippen molar-refractivity contribution < 1.29 is 14.3 Å². The van der Waals surface area contributed by atoms with Crippen LogP contribution in [-0.2, 0) is 11.3 Å². The van der Waals surface area contributed by atoms with Gasteiger partial charge in [0.2, 0.25) is 0 Å². The van der Waals surface area contributed by atoms with Crippen LogP contribution in [0.15, 0.2) is 83.8 Å². The molecule has 0 atom stereocenters. The van der Waals surface area contributed by atoms with Gasteiger partial charge < -0.3 is 4.74 Å². The fourth-order valence-corrected chi connectivity index (χ4v) is 4.91. The molecule has 0 unspecified atom stereocenters. The van der Waals surface area contributed by atoms with E-state index in [0.717, 1.165) is 50.2 Å². The van der Waals surface area contributed by atoms with Crippen molar-refractivity contribution in [2.24, 2.45) is 0 Å². The van der Waals surface area contributed by atoms with Gasteiger partial charge in [0.05, 0.1) is 18.1 Å². The normalized spacial score (nSPS) is 15.3. The fourth-order valence-electron chi connectivity index (χ4n) is 4.08. The summed E-state index contributed by atoms with van der Waals surface area (Å²) in [5, 5.41) is 3.87. The number of ether oxygens (including phenoxy) is 1. The van der Waals surface area contributed by atoms with Gasteiger partial charge in [0.15, 0.2) is 0 Å². The number of rotatable bonds is 5. The van der Waals surface area contributed by atoms with Crippen molar-refractivity contribution in [2.75, 3.05) is 6.61 Å². The van der Waals surface area contributed by atoms with Gasteiger partial charge in [-0.3, -0.25) is 14.5 Å². The molecule has 0 aliphatic carbocycles. The summed E-state index contributed by atoms with van der Waals surface area (Å²) in [6.45, 7) is 2.79. The van der Waals surface area contributed by atoms with Crippen LogP contribution in [0.5, 0.6) is 5.75 Å². The molecule has 0 radical (unpaired) electrons. The lowest BCUT2D eigenvalue weighted by atomic mass is 10.0. The van der Waals surface area contributed by atoms with E-state index in [4.69, 9.17) is 4.74 Å². The second-order valence-corrected chi connectivity index (χ2v) is 8.53. The Morgan fingerprint density at radius 3 is 2.38 bits per heavy atom. The van der Waals surface area contributed by atoms with Gasteiger partial charge in [-0.05, 0) is 58.1 Å². The molecule has 1 aliphatic heterocycles. The predicted molar refractivity (Wildman–Crippen MR) is 131 cm³/mol. The van der Waals surface area contributed by atoms with Gasteiger partial charge in [-0.2, -0.15) is 0 Å². The van der Waals surface area contributed by atoms with Crippen LogP contribution in [0.1, 0.15) is 18.1 Å². The summed E-state index contributed by atoms with van der Waals surface area (Å²) in [6.07, 6.45) is 1.81. The minimum absolute atomic E-state index is 0.246. The van der Waals surface area contributed by atoms with Gasteiger partial charge in [0.1, 0.15) is 5.75 Å². The van der Waals surface area contributed by atoms with E-state index in [2.05, 4.69) is 0 Å². The van der Waals surface area contributed by atoms with Crippen molar-refractivity contribution in [2.45, 2.75) is 13.5 Å². The zero-order valence-corrected chi connectivity index (χ0v) is 18.4. The summed E-state index contributed by atoms with van der Waals surface area (Å²) >= 11 is 0.992. The number of fused-ring (bicyclic) bond motifs is 2. The van der Waals surface area contributed by atoms with E-state index in [1.165, 1.54) is 4.90 Å². The minimum atomic E-state index is -0.258. The predicted octanol–water partition coefficient (Wildman–Crippen LogP) is 6.63. The van der Waals surface area contributed by atoms with Crippen molar-refractivity contribution >= 4 is 50.5 Å². The van der Waals surface area contributed by atoms with Crippen LogP contribution in [0.2, 0.25) is 0 Å². The number of carbonyl (C=O) groups is 2. The molecule has 2 amide bonds. The van der Waals surface area contributed by atoms with E-state index in [1.807, 2.05) is 91.9 Å². The quantitative estimate of drug-likeness (QED) is 0.328. The molecule has 1 saturated heterocycles. The van der Waals surface area contributed by atoms with E-state index in [-0.39, 0.29) is 17.7 Å². The number of hydrogen-bond donors (Lipinski definition) is 0. The van der Waals surface area contributed by atoms with Gasteiger partial charge in [-0.15, -0.1) is 0 Å². The molecular formula is C27H21NO3S. The van der Waals surface area contributed by atoms with Gasteiger partial charge in [-0.1, -0.05) is 72.8 Å². The highest BCUT2D eigenvalue weighted by atomic mass is 32.2. The Labute approximate surface area is 190 Å². The third-order valence-electron chi connectivity index (χ3n) is 5.59. The van der Waals surface area contributed by atoms with Crippen molar-refractivity contribution in [1.82, 2.24) is 4.90 Å². The van der Waals surface area contributed by atoms with Crippen LogP contribution in [0, 0.1) is 0 Å². The molecule has 0 bridgehead atoms. The van der Waals surface area contributed by atoms with E-state index >= 15 is 0 Å². The number of imide groups is 1. The van der Waals surface area contributed by atoms with Crippen LogP contribution in [0.25, 0.3) is 27.6 Å². The smallest absolute Gasteiger partial charge is 0.293 e. The van der Waals surface area contributed by atoms with Gasteiger partial charge in [0.25, 0.3) is 11.1 Å². The van der Waals surface area contributed by atoms with Crippen molar-refractivity contribution in [3.63, 3.8) is 0 Å². The van der Waals surface area contributed by atoms with Gasteiger partial charge in [-0.25, -0.2) is 0 Å². The second kappa shape index (κ2) is 8.52. The highest BCUT2D eigenvalue weighted by Crippen LogP contribution is 2.36. The maximum atomic E-state index is 13.2. The van der Waals surface area contributed by atoms with Crippen LogP contribution < -0.4 is 4.74 Å². The number of hydrogen-bond acceptors (Lipinski definition) is 4. The zero-order chi connectivity index (χ0) is 22.1. The third-order valence-corrected chi connectivity index (χ3v) is 6.49. The lowest BCUT2D eigenvalue weighted by molar-refractivity contribution is -0.123. The van der Waals surface area contributed by atoms with Crippen LogP contribution in [-0.4, -0.2) is 22.7 Å². The van der Waals surface area contributed by atoms with Crippen molar-refractivity contribution in [1.29, 1.82) is 0 Å². The standard InChI is InChI=1S/C27H21NO3S/c1-2-31-24-15-14-19(22-12-5-6-13-23(22)24)16-25-26(29)28(27(30)32-25)17-20-10-7-9-18-8-3-4-11-21(18)20/h3-16H,2,17H2,1H3/b25-16+. The average Bonchev–Trinajstić information content (AvgIpc) is 3.08. The van der Waals surface area contributed by atoms with Gasteiger partial charge in [0, 0.05) is 5.39 Å². The number of carbonyl (C=O) groups excluding carboxylic acids is 2. The highest BCUT2D eigenvalue weighted by molar-refractivity contribution is 8.18. The molecule has 158 valence electrons. The topological polar surface area (TPSA) is 46.6 Å². The molecule has 4 aromatic carbocycles. The first-order valence-electron chi connectivity index (χ1n) is 10.5. The summed E-state index contributed by atoms with van der Waals surface area (Å²) in [4.78, 5) is 27.7. The Morgan fingerprint density at radius 2 is 1.56 bits per heavy atom. The Morgan fingerprint density at radius 1 is 0.844 bits per heavy atom. The largest absolute Gasteiger partial charge is 0.493 e. The zero-order valence-electron chi connectivity index (χ0n) is 17.6. The van der Waals surface area contributed by atoms with E-state index in [9.17, 15) is 9.59 Å². The number of amides is 2. The number of nitrogens with zero attached hydrogens (tertiary/aromatic N) is 1. The number of benzene rings is 4. The lowest BCUT2D eigenvalue weighted by Gasteiger charge is -2.14. The molecule has 5 heteroatoms. The summed E-state index contributed by atoms with van der Waals surface area (Å²) in [7, 11) is 0. The van der Waals surface area contributed by atoms with Crippen molar-refractivity contribution in [3.8, 4) is 5.75 Å². The van der Waals surface area contributed by atoms with Crippen LogP contribution in [0.3, 0.4) is 0 Å². The van der Waals surface area contributed by atoms with Crippen LogP contribution in [0.4, 0.5) is 4.79 Å². The molecule has 0 aromatic heterocycles. The van der Waals surface area contributed by atoms with Crippen LogP contribution >= 0.6 is 11.8 Å². The van der Waals surface area contributed by atoms with Crippen molar-refractivity contribution in [3.05, 3.63) is 94.9 Å². The molecule has 4 aromatic rings. The van der Waals surface area contributed by atoms with E-state index in [1.54, 1.807) is 0 Å². The fraction of sp³-hybridized carbons (Fsp3) is 0.111. The maximum absolute atomic E-state index is 13.2. The summed E-state index contributed by atoms with van der Waals surface area (Å²) in [6, 6.07) is 25.7. The van der Waals surface area contributed by atoms with Gasteiger partial charge >= 0.3 is 0 Å². The second-order valence-electron chi connectivity index (χ2n) is 7.54. The average molecular weight is 440 g/mol. The SMILES string of the molecule is CCOc1ccc(/C=C2/SC(=O)N(Cc3cccc4ccccc34)C2=O)c2ccccc12. The molecule has 4 nitrogen and oxygen atoms in total. The molecule has 1 heterocycles.